The third kappa shape index (κ3) is 3.64. The number of rotatable bonds is 5. The molecule has 1 aromatic rings. The molecule has 0 aromatic carbocycles. The Balaban J connectivity index is 2.59. The highest BCUT2D eigenvalue weighted by molar-refractivity contribution is 7.12. The summed E-state index contributed by atoms with van der Waals surface area (Å²) in [6.45, 7) is 7.70. The van der Waals surface area contributed by atoms with Crippen LogP contribution in [-0.2, 0) is 0 Å². The fraction of sp³-hybridized carbons (Fsp3) is 0.538. The molecule has 0 aliphatic rings. The van der Waals surface area contributed by atoms with Crippen LogP contribution in [0.2, 0.25) is 0 Å². The number of nitrogens with two attached hydrogens (primary N) is 1. The van der Waals surface area contributed by atoms with E-state index in [0.29, 0.717) is 6.54 Å². The SMILES string of the molecule is CC#CCCNC(CN)c1cc(C)sc1C. The Labute approximate surface area is 102 Å². The number of hydrogen-bond donors (Lipinski definition) is 2. The van der Waals surface area contributed by atoms with Crippen molar-refractivity contribution in [3.63, 3.8) is 0 Å². The maximum atomic E-state index is 5.80. The first-order chi connectivity index (χ1) is 7.69. The molecule has 1 unspecified atom stereocenters. The molecule has 0 radical (unpaired) electrons. The predicted molar refractivity (Wildman–Crippen MR) is 71.7 cm³/mol. The van der Waals surface area contributed by atoms with Crippen LogP contribution in [0.4, 0.5) is 0 Å². The van der Waals surface area contributed by atoms with Crippen LogP contribution in [0.3, 0.4) is 0 Å². The lowest BCUT2D eigenvalue weighted by molar-refractivity contribution is 0.550. The molecule has 3 N–H and O–H groups in total. The number of aryl methyl sites for hydroxylation is 2. The van der Waals surface area contributed by atoms with Gasteiger partial charge in [-0.25, -0.2) is 0 Å². The second-order valence-corrected chi connectivity index (χ2v) is 5.25. The van der Waals surface area contributed by atoms with Gasteiger partial charge in [0.2, 0.25) is 0 Å². The molecule has 0 fully saturated rings. The molecule has 1 heterocycles. The van der Waals surface area contributed by atoms with Crippen molar-refractivity contribution >= 4 is 11.3 Å². The summed E-state index contributed by atoms with van der Waals surface area (Å²) < 4.78 is 0. The molecule has 0 aliphatic heterocycles. The van der Waals surface area contributed by atoms with Crippen LogP contribution >= 0.6 is 11.3 Å². The van der Waals surface area contributed by atoms with Gasteiger partial charge in [-0.3, -0.25) is 0 Å². The average Bonchev–Trinajstić information content (AvgIpc) is 2.58. The summed E-state index contributed by atoms with van der Waals surface area (Å²) in [6.07, 6.45) is 0.884. The first-order valence-corrected chi connectivity index (χ1v) is 6.40. The smallest absolute Gasteiger partial charge is 0.0455 e. The van der Waals surface area contributed by atoms with Crippen LogP contribution < -0.4 is 11.1 Å². The van der Waals surface area contributed by atoms with E-state index in [4.69, 9.17) is 5.73 Å². The van der Waals surface area contributed by atoms with E-state index in [1.165, 1.54) is 15.3 Å². The molecule has 0 saturated carbocycles. The Kier molecular flexibility index (Phi) is 5.54. The minimum absolute atomic E-state index is 0.267. The number of thiophene rings is 1. The molecule has 1 aromatic heterocycles. The van der Waals surface area contributed by atoms with Crippen molar-refractivity contribution in [3.05, 3.63) is 21.4 Å². The first-order valence-electron chi connectivity index (χ1n) is 5.59. The molecule has 0 spiro atoms. The van der Waals surface area contributed by atoms with Crippen molar-refractivity contribution in [1.29, 1.82) is 0 Å². The maximum absolute atomic E-state index is 5.80. The third-order valence-electron chi connectivity index (χ3n) is 2.51. The van der Waals surface area contributed by atoms with Gasteiger partial charge in [-0.15, -0.1) is 23.2 Å². The zero-order valence-corrected chi connectivity index (χ0v) is 11.1. The Morgan fingerprint density at radius 1 is 1.50 bits per heavy atom. The highest BCUT2D eigenvalue weighted by Crippen LogP contribution is 2.25. The van der Waals surface area contributed by atoms with Gasteiger partial charge in [0.05, 0.1) is 0 Å². The van der Waals surface area contributed by atoms with Gasteiger partial charge in [0.1, 0.15) is 0 Å². The quantitative estimate of drug-likeness (QED) is 0.608. The summed E-state index contributed by atoms with van der Waals surface area (Å²) >= 11 is 1.83. The van der Waals surface area contributed by atoms with E-state index in [9.17, 15) is 0 Å². The van der Waals surface area contributed by atoms with Crippen molar-refractivity contribution in [2.75, 3.05) is 13.1 Å². The molecule has 0 amide bonds. The standard InChI is InChI=1S/C13H20N2S/c1-4-5-6-7-15-13(9-14)12-8-10(2)16-11(12)3/h8,13,15H,6-7,9,14H2,1-3H3. The highest BCUT2D eigenvalue weighted by Gasteiger charge is 2.13. The lowest BCUT2D eigenvalue weighted by Crippen LogP contribution is -2.29. The predicted octanol–water partition coefficient (Wildman–Crippen LogP) is 2.37. The van der Waals surface area contributed by atoms with E-state index < -0.39 is 0 Å². The van der Waals surface area contributed by atoms with Crippen molar-refractivity contribution in [1.82, 2.24) is 5.32 Å². The maximum Gasteiger partial charge on any atom is 0.0455 e. The summed E-state index contributed by atoms with van der Waals surface area (Å²) in [7, 11) is 0. The summed E-state index contributed by atoms with van der Waals surface area (Å²) in [6, 6.07) is 2.50. The van der Waals surface area contributed by atoms with Crippen LogP contribution in [-0.4, -0.2) is 13.1 Å². The summed E-state index contributed by atoms with van der Waals surface area (Å²) in [5.74, 6) is 5.94. The lowest BCUT2D eigenvalue weighted by Gasteiger charge is -2.16. The van der Waals surface area contributed by atoms with Gasteiger partial charge in [-0.1, -0.05) is 0 Å². The molecule has 0 aliphatic carbocycles. The zero-order valence-electron chi connectivity index (χ0n) is 10.3. The molecule has 0 bridgehead atoms. The Morgan fingerprint density at radius 3 is 2.75 bits per heavy atom. The van der Waals surface area contributed by atoms with E-state index in [1.54, 1.807) is 0 Å². The van der Waals surface area contributed by atoms with Gasteiger partial charge < -0.3 is 11.1 Å². The van der Waals surface area contributed by atoms with Gasteiger partial charge in [-0.2, -0.15) is 0 Å². The Hall–Kier alpha value is -0.820. The lowest BCUT2D eigenvalue weighted by atomic mass is 10.1. The van der Waals surface area contributed by atoms with Crippen LogP contribution in [0.1, 0.15) is 34.7 Å². The molecule has 3 heteroatoms. The van der Waals surface area contributed by atoms with Crippen LogP contribution in [0, 0.1) is 25.7 Å². The van der Waals surface area contributed by atoms with Crippen LogP contribution in [0.25, 0.3) is 0 Å². The average molecular weight is 236 g/mol. The van der Waals surface area contributed by atoms with Crippen molar-refractivity contribution in [2.45, 2.75) is 33.2 Å². The van der Waals surface area contributed by atoms with Crippen LogP contribution in [0.15, 0.2) is 6.07 Å². The second kappa shape index (κ2) is 6.70. The zero-order chi connectivity index (χ0) is 12.0. The summed E-state index contributed by atoms with van der Waals surface area (Å²) in [5.41, 5.74) is 7.15. The van der Waals surface area contributed by atoms with E-state index >= 15 is 0 Å². The van der Waals surface area contributed by atoms with Crippen molar-refractivity contribution in [2.24, 2.45) is 5.73 Å². The second-order valence-electron chi connectivity index (χ2n) is 3.79. The molecular weight excluding hydrogens is 216 g/mol. The van der Waals surface area contributed by atoms with Gasteiger partial charge in [-0.05, 0) is 32.4 Å². The van der Waals surface area contributed by atoms with E-state index in [1.807, 2.05) is 18.3 Å². The molecule has 0 saturated heterocycles. The molecular formula is C13H20N2S. The van der Waals surface area contributed by atoms with Crippen molar-refractivity contribution < 1.29 is 0 Å². The van der Waals surface area contributed by atoms with Crippen LogP contribution in [0.5, 0.6) is 0 Å². The molecule has 1 atom stereocenters. The number of hydrogen-bond acceptors (Lipinski definition) is 3. The monoisotopic (exact) mass is 236 g/mol. The Bertz CT molecular complexity index is 384. The highest BCUT2D eigenvalue weighted by atomic mass is 32.1. The number of nitrogens with one attached hydrogen (secondary N) is 1. The normalized spacial score (nSPS) is 12.0. The van der Waals surface area contributed by atoms with Gasteiger partial charge in [0.25, 0.3) is 0 Å². The molecule has 1 rings (SSSR count). The van der Waals surface area contributed by atoms with E-state index in [2.05, 4.69) is 37.1 Å². The van der Waals surface area contributed by atoms with Gasteiger partial charge >= 0.3 is 0 Å². The van der Waals surface area contributed by atoms with Gasteiger partial charge in [0, 0.05) is 35.3 Å². The minimum atomic E-state index is 0.267. The molecule has 2 nitrogen and oxygen atoms in total. The first kappa shape index (κ1) is 13.2. The van der Waals surface area contributed by atoms with E-state index in [-0.39, 0.29) is 6.04 Å². The molecule has 16 heavy (non-hydrogen) atoms. The fourth-order valence-corrected chi connectivity index (χ4v) is 2.74. The minimum Gasteiger partial charge on any atom is -0.329 e. The molecule has 88 valence electrons. The topological polar surface area (TPSA) is 38.0 Å². The fourth-order valence-electron chi connectivity index (χ4n) is 1.75. The largest absolute Gasteiger partial charge is 0.329 e. The van der Waals surface area contributed by atoms with Gasteiger partial charge in [0.15, 0.2) is 0 Å². The van der Waals surface area contributed by atoms with E-state index in [0.717, 1.165) is 13.0 Å². The summed E-state index contributed by atoms with van der Waals surface area (Å²) in [4.78, 5) is 2.71. The summed E-state index contributed by atoms with van der Waals surface area (Å²) in [5, 5.41) is 3.45. The third-order valence-corrected chi connectivity index (χ3v) is 3.49. The Morgan fingerprint density at radius 2 is 2.25 bits per heavy atom. The van der Waals surface area contributed by atoms with Crippen molar-refractivity contribution in [3.8, 4) is 11.8 Å².